The lowest BCUT2D eigenvalue weighted by molar-refractivity contribution is -0.0113. The quantitative estimate of drug-likeness (QED) is 0.565. The lowest BCUT2D eigenvalue weighted by Gasteiger charge is -2.31. The molecule has 0 aromatic heterocycles. The summed E-state index contributed by atoms with van der Waals surface area (Å²) in [7, 11) is 0. The zero-order valence-electron chi connectivity index (χ0n) is 12.9. The van der Waals surface area contributed by atoms with Crippen molar-refractivity contribution in [1.82, 2.24) is 5.32 Å². The van der Waals surface area contributed by atoms with Gasteiger partial charge in [0, 0.05) is 18.2 Å². The fourth-order valence-electron chi connectivity index (χ4n) is 2.21. The Hall–Kier alpha value is -0.160. The van der Waals surface area contributed by atoms with Crippen LogP contribution in [0.15, 0.2) is 0 Å². The third-order valence-corrected chi connectivity index (χ3v) is 3.30. The van der Waals surface area contributed by atoms with Gasteiger partial charge in [-0.25, -0.2) is 0 Å². The summed E-state index contributed by atoms with van der Waals surface area (Å²) in [6.07, 6.45) is 3.41. The Bertz CT molecular complexity index is 244. The van der Waals surface area contributed by atoms with Crippen LogP contribution < -0.4 is 5.32 Å². The summed E-state index contributed by atoms with van der Waals surface area (Å²) >= 11 is 0. The molecule has 0 amide bonds. The molecule has 4 heteroatoms. The highest BCUT2D eigenvalue weighted by Crippen LogP contribution is 2.25. The number of aliphatic hydroxyl groups is 1. The van der Waals surface area contributed by atoms with Crippen molar-refractivity contribution in [2.45, 2.75) is 64.6 Å². The number of ether oxygens (including phenoxy) is 2. The van der Waals surface area contributed by atoms with Gasteiger partial charge < -0.3 is 19.9 Å². The van der Waals surface area contributed by atoms with Gasteiger partial charge in [0.25, 0.3) is 0 Å². The van der Waals surface area contributed by atoms with Crippen LogP contribution in [0, 0.1) is 5.92 Å². The van der Waals surface area contributed by atoms with Crippen LogP contribution in [-0.2, 0) is 9.47 Å². The molecule has 1 fully saturated rings. The number of aliphatic hydroxyl groups excluding tert-OH is 1. The van der Waals surface area contributed by atoms with Gasteiger partial charge in [-0.05, 0) is 39.0 Å². The fraction of sp³-hybridized carbons (Fsp3) is 1.00. The Morgan fingerprint density at radius 2 is 1.95 bits per heavy atom. The number of nitrogens with one attached hydrogen (secondary N) is 1. The monoisotopic (exact) mass is 273 g/mol. The van der Waals surface area contributed by atoms with Gasteiger partial charge in [0.1, 0.15) is 0 Å². The molecule has 0 aromatic carbocycles. The maximum atomic E-state index is 9.54. The Kier molecular flexibility index (Phi) is 7.29. The topological polar surface area (TPSA) is 50.7 Å². The zero-order valence-corrected chi connectivity index (χ0v) is 12.9. The Morgan fingerprint density at radius 3 is 2.47 bits per heavy atom. The normalized spacial score (nSPS) is 20.5. The molecule has 1 rings (SSSR count). The first-order valence-electron chi connectivity index (χ1n) is 7.53. The predicted octanol–water partition coefficient (Wildman–Crippen LogP) is 1.96. The highest BCUT2D eigenvalue weighted by atomic mass is 16.5. The molecule has 1 aliphatic rings. The van der Waals surface area contributed by atoms with E-state index in [-0.39, 0.29) is 18.2 Å². The van der Waals surface area contributed by atoms with Crippen LogP contribution in [-0.4, -0.2) is 49.2 Å². The zero-order chi connectivity index (χ0) is 14.3. The first kappa shape index (κ1) is 16.9. The third-order valence-electron chi connectivity index (χ3n) is 3.30. The second-order valence-corrected chi connectivity index (χ2v) is 6.49. The van der Waals surface area contributed by atoms with E-state index in [2.05, 4.69) is 33.0 Å². The Labute approximate surface area is 117 Å². The molecule has 2 unspecified atom stereocenters. The summed E-state index contributed by atoms with van der Waals surface area (Å²) in [5.74, 6) is 0.567. The summed E-state index contributed by atoms with van der Waals surface area (Å²) in [6.45, 7) is 10.6. The van der Waals surface area contributed by atoms with Crippen molar-refractivity contribution >= 4 is 0 Å². The van der Waals surface area contributed by atoms with E-state index in [0.717, 1.165) is 13.0 Å². The number of rotatable bonds is 11. The second kappa shape index (κ2) is 8.20. The predicted molar refractivity (Wildman–Crippen MR) is 77.3 cm³/mol. The maximum Gasteiger partial charge on any atom is 0.0704 e. The highest BCUT2D eigenvalue weighted by molar-refractivity contribution is 4.93. The first-order valence-corrected chi connectivity index (χ1v) is 7.53. The number of hydrogen-bond acceptors (Lipinski definition) is 4. The van der Waals surface area contributed by atoms with Gasteiger partial charge in [0.15, 0.2) is 0 Å². The molecule has 0 saturated heterocycles. The molecule has 0 bridgehead atoms. The summed E-state index contributed by atoms with van der Waals surface area (Å²) < 4.78 is 11.2. The third kappa shape index (κ3) is 7.88. The second-order valence-electron chi connectivity index (χ2n) is 6.49. The minimum atomic E-state index is -0.223. The van der Waals surface area contributed by atoms with E-state index in [1.54, 1.807) is 0 Å². The Balaban J connectivity index is 2.12. The number of hydrogen-bond donors (Lipinski definition) is 2. The van der Waals surface area contributed by atoms with Crippen molar-refractivity contribution in [3.05, 3.63) is 0 Å². The van der Waals surface area contributed by atoms with E-state index in [0.29, 0.717) is 25.2 Å². The van der Waals surface area contributed by atoms with Crippen molar-refractivity contribution < 1.29 is 14.6 Å². The van der Waals surface area contributed by atoms with E-state index in [1.807, 2.05) is 0 Å². The molecule has 0 radical (unpaired) electrons. The van der Waals surface area contributed by atoms with Gasteiger partial charge in [-0.2, -0.15) is 0 Å². The van der Waals surface area contributed by atoms with E-state index in [4.69, 9.17) is 9.47 Å². The largest absolute Gasteiger partial charge is 0.394 e. The molecule has 0 aliphatic heterocycles. The fourth-order valence-corrected chi connectivity index (χ4v) is 2.21. The minimum Gasteiger partial charge on any atom is -0.394 e. The van der Waals surface area contributed by atoms with Crippen LogP contribution in [0.3, 0.4) is 0 Å². The molecule has 19 heavy (non-hydrogen) atoms. The van der Waals surface area contributed by atoms with Crippen LogP contribution in [0.2, 0.25) is 0 Å². The minimum absolute atomic E-state index is 0.131. The molecule has 0 spiro atoms. The van der Waals surface area contributed by atoms with E-state index in [9.17, 15) is 5.11 Å². The average Bonchev–Trinajstić information content (AvgIpc) is 3.11. The summed E-state index contributed by atoms with van der Waals surface area (Å²) in [5, 5.41) is 13.0. The van der Waals surface area contributed by atoms with Gasteiger partial charge in [0.05, 0.1) is 25.9 Å². The van der Waals surface area contributed by atoms with Gasteiger partial charge in [-0.1, -0.05) is 13.8 Å². The molecular weight excluding hydrogens is 242 g/mol. The van der Waals surface area contributed by atoms with Crippen LogP contribution in [0.4, 0.5) is 0 Å². The van der Waals surface area contributed by atoms with Crippen molar-refractivity contribution in [3.8, 4) is 0 Å². The molecule has 0 heterocycles. The smallest absolute Gasteiger partial charge is 0.0704 e. The van der Waals surface area contributed by atoms with Crippen molar-refractivity contribution in [2.24, 2.45) is 5.92 Å². The summed E-state index contributed by atoms with van der Waals surface area (Å²) in [5.41, 5.74) is -0.223. The van der Waals surface area contributed by atoms with Gasteiger partial charge in [-0.15, -0.1) is 0 Å². The lowest BCUT2D eigenvalue weighted by atomic mass is 9.95. The van der Waals surface area contributed by atoms with E-state index >= 15 is 0 Å². The molecule has 1 aliphatic carbocycles. The van der Waals surface area contributed by atoms with Gasteiger partial charge in [0.2, 0.25) is 0 Å². The average molecular weight is 273 g/mol. The van der Waals surface area contributed by atoms with Crippen LogP contribution in [0.1, 0.15) is 47.0 Å². The summed E-state index contributed by atoms with van der Waals surface area (Å²) in [6, 6.07) is 0.596. The molecule has 1 saturated carbocycles. The van der Waals surface area contributed by atoms with Crippen LogP contribution in [0.5, 0.6) is 0 Å². The van der Waals surface area contributed by atoms with E-state index in [1.165, 1.54) is 12.8 Å². The highest BCUT2D eigenvalue weighted by Gasteiger charge is 2.33. The van der Waals surface area contributed by atoms with Gasteiger partial charge >= 0.3 is 0 Å². The van der Waals surface area contributed by atoms with Crippen LogP contribution >= 0.6 is 0 Å². The van der Waals surface area contributed by atoms with Gasteiger partial charge in [-0.3, -0.25) is 0 Å². The molecular formula is C15H31NO3. The standard InChI is InChI=1S/C15H31NO3/c1-12(2)10-18-7-8-19-13(3)9-15(4,11-17)16-14-5-6-14/h12-14,16-17H,5-11H2,1-4H3. The Morgan fingerprint density at radius 1 is 1.26 bits per heavy atom. The van der Waals surface area contributed by atoms with Crippen molar-refractivity contribution in [2.75, 3.05) is 26.4 Å². The van der Waals surface area contributed by atoms with Crippen molar-refractivity contribution in [1.29, 1.82) is 0 Å². The molecule has 4 nitrogen and oxygen atoms in total. The molecule has 0 aromatic rings. The molecule has 2 atom stereocenters. The summed E-state index contributed by atoms with van der Waals surface area (Å²) in [4.78, 5) is 0. The van der Waals surface area contributed by atoms with Crippen LogP contribution in [0.25, 0.3) is 0 Å². The van der Waals surface area contributed by atoms with E-state index < -0.39 is 0 Å². The SMILES string of the molecule is CC(C)COCCOC(C)CC(C)(CO)NC1CC1. The molecule has 114 valence electrons. The van der Waals surface area contributed by atoms with Crippen molar-refractivity contribution in [3.63, 3.8) is 0 Å². The molecule has 2 N–H and O–H groups in total. The first-order chi connectivity index (χ1) is 8.95. The lowest BCUT2D eigenvalue weighted by Crippen LogP contribution is -2.49. The maximum absolute atomic E-state index is 9.54.